The molecule has 5 nitrogen and oxygen atoms in total. The molecule has 0 radical (unpaired) electrons. The van der Waals surface area contributed by atoms with Crippen LogP contribution in [0.2, 0.25) is 0 Å². The summed E-state index contributed by atoms with van der Waals surface area (Å²) in [5.74, 6) is -1.22. The lowest BCUT2D eigenvalue weighted by Gasteiger charge is -2.36. The highest BCUT2D eigenvalue weighted by Crippen LogP contribution is 2.25. The maximum absolute atomic E-state index is 12.6. The molecule has 3 atom stereocenters. The largest absolute Gasteiger partial charge is 0.480 e. The molecule has 0 spiro atoms. The molecule has 1 heterocycles. The van der Waals surface area contributed by atoms with Gasteiger partial charge in [0.1, 0.15) is 6.04 Å². The molecular weight excluding hydrogens is 268 g/mol. The van der Waals surface area contributed by atoms with E-state index < -0.39 is 18.1 Å². The number of nitrogens with zero attached hydrogens (tertiary/aromatic N) is 1. The number of carbonyl (C=O) groups excluding carboxylic acids is 1. The zero-order chi connectivity index (χ0) is 15.6. The van der Waals surface area contributed by atoms with E-state index in [0.29, 0.717) is 13.0 Å². The zero-order valence-corrected chi connectivity index (χ0v) is 12.5. The van der Waals surface area contributed by atoms with Crippen molar-refractivity contribution in [3.8, 4) is 0 Å². The van der Waals surface area contributed by atoms with Gasteiger partial charge in [0.2, 0.25) is 5.91 Å². The highest BCUT2D eigenvalue weighted by Gasteiger charge is 2.37. The van der Waals surface area contributed by atoms with Crippen molar-refractivity contribution in [2.24, 2.45) is 11.7 Å². The van der Waals surface area contributed by atoms with Gasteiger partial charge in [-0.15, -0.1) is 0 Å². The monoisotopic (exact) mass is 290 g/mol. The standard InChI is InChI=1S/C16H22N2O3/c1-3-10(2)14(17)15(19)18-9-12-7-5-4-6-11(12)8-13(18)16(20)21/h4-7,10,13-14H,3,8-9,17H2,1-2H3,(H,20,21)/t10?,13-,14+/m1/s1. The first-order chi connectivity index (χ1) is 9.95. The quantitative estimate of drug-likeness (QED) is 0.878. The van der Waals surface area contributed by atoms with Crippen molar-refractivity contribution in [2.45, 2.75) is 45.3 Å². The third kappa shape index (κ3) is 3.08. The van der Waals surface area contributed by atoms with Gasteiger partial charge in [0.25, 0.3) is 0 Å². The Balaban J connectivity index is 2.28. The van der Waals surface area contributed by atoms with Crippen molar-refractivity contribution in [1.82, 2.24) is 4.90 Å². The highest BCUT2D eigenvalue weighted by atomic mass is 16.4. The number of benzene rings is 1. The van der Waals surface area contributed by atoms with E-state index >= 15 is 0 Å². The Kier molecular flexibility index (Phi) is 4.63. The Morgan fingerprint density at radius 1 is 1.38 bits per heavy atom. The van der Waals surface area contributed by atoms with Crippen LogP contribution in [0, 0.1) is 5.92 Å². The average Bonchev–Trinajstić information content (AvgIpc) is 2.51. The second kappa shape index (κ2) is 6.26. The van der Waals surface area contributed by atoms with Gasteiger partial charge >= 0.3 is 5.97 Å². The molecular formula is C16H22N2O3. The summed E-state index contributed by atoms with van der Waals surface area (Å²) >= 11 is 0. The summed E-state index contributed by atoms with van der Waals surface area (Å²) in [6, 6.07) is 6.16. The first kappa shape index (κ1) is 15.5. The van der Waals surface area contributed by atoms with Crippen LogP contribution >= 0.6 is 0 Å². The molecule has 0 aliphatic carbocycles. The highest BCUT2D eigenvalue weighted by molar-refractivity contribution is 5.87. The van der Waals surface area contributed by atoms with Gasteiger partial charge < -0.3 is 15.7 Å². The molecule has 0 fully saturated rings. The van der Waals surface area contributed by atoms with Crippen LogP contribution in [0.25, 0.3) is 0 Å². The van der Waals surface area contributed by atoms with Crippen molar-refractivity contribution in [3.63, 3.8) is 0 Å². The molecule has 0 aromatic heterocycles. The molecule has 1 aromatic rings. The van der Waals surface area contributed by atoms with E-state index in [2.05, 4.69) is 0 Å². The van der Waals surface area contributed by atoms with Crippen molar-refractivity contribution in [1.29, 1.82) is 0 Å². The van der Waals surface area contributed by atoms with Crippen molar-refractivity contribution < 1.29 is 14.7 Å². The molecule has 114 valence electrons. The normalized spacial score (nSPS) is 20.5. The maximum Gasteiger partial charge on any atom is 0.326 e. The van der Waals surface area contributed by atoms with Gasteiger partial charge in [-0.3, -0.25) is 4.79 Å². The summed E-state index contributed by atoms with van der Waals surface area (Å²) < 4.78 is 0. The first-order valence-corrected chi connectivity index (χ1v) is 7.31. The number of hydrogen-bond acceptors (Lipinski definition) is 3. The van der Waals surface area contributed by atoms with Gasteiger partial charge in [0.15, 0.2) is 0 Å². The second-order valence-electron chi connectivity index (χ2n) is 5.70. The maximum atomic E-state index is 12.6. The Bertz CT molecular complexity index is 544. The number of carboxylic acid groups (broad SMARTS) is 1. The van der Waals surface area contributed by atoms with Crippen LogP contribution in [-0.4, -0.2) is 34.0 Å². The number of hydrogen-bond donors (Lipinski definition) is 2. The molecule has 1 aliphatic rings. The minimum atomic E-state index is -0.978. The summed E-state index contributed by atoms with van der Waals surface area (Å²) in [5.41, 5.74) is 7.99. The van der Waals surface area contributed by atoms with E-state index in [1.54, 1.807) is 0 Å². The molecule has 1 unspecified atom stereocenters. The predicted octanol–water partition coefficient (Wildman–Crippen LogP) is 1.40. The molecule has 0 bridgehead atoms. The van der Waals surface area contributed by atoms with E-state index in [0.717, 1.165) is 17.5 Å². The van der Waals surface area contributed by atoms with Gasteiger partial charge in [0.05, 0.1) is 6.04 Å². The van der Waals surface area contributed by atoms with Crippen LogP contribution in [0.5, 0.6) is 0 Å². The van der Waals surface area contributed by atoms with E-state index in [4.69, 9.17) is 5.73 Å². The molecule has 5 heteroatoms. The van der Waals surface area contributed by atoms with Gasteiger partial charge in [-0.05, 0) is 17.0 Å². The van der Waals surface area contributed by atoms with Crippen molar-refractivity contribution in [3.05, 3.63) is 35.4 Å². The van der Waals surface area contributed by atoms with Gasteiger partial charge in [-0.2, -0.15) is 0 Å². The van der Waals surface area contributed by atoms with Crippen LogP contribution < -0.4 is 5.73 Å². The summed E-state index contributed by atoms with van der Waals surface area (Å²) in [6.45, 7) is 4.20. The Hall–Kier alpha value is -1.88. The first-order valence-electron chi connectivity index (χ1n) is 7.31. The van der Waals surface area contributed by atoms with Gasteiger partial charge in [0, 0.05) is 13.0 Å². The topological polar surface area (TPSA) is 83.6 Å². The van der Waals surface area contributed by atoms with E-state index in [9.17, 15) is 14.7 Å². The molecule has 3 N–H and O–H groups in total. The smallest absolute Gasteiger partial charge is 0.326 e. The van der Waals surface area contributed by atoms with Crippen LogP contribution in [-0.2, 0) is 22.6 Å². The summed E-state index contributed by atoms with van der Waals surface area (Å²) in [6.07, 6.45) is 1.12. The molecule has 1 aromatic carbocycles. The molecule has 1 amide bonds. The minimum absolute atomic E-state index is 0.0316. The lowest BCUT2D eigenvalue weighted by molar-refractivity contribution is -0.152. The number of fused-ring (bicyclic) bond motifs is 1. The summed E-state index contributed by atoms with van der Waals surface area (Å²) in [7, 11) is 0. The molecule has 1 aliphatic heterocycles. The fraction of sp³-hybridized carbons (Fsp3) is 0.500. The fourth-order valence-corrected chi connectivity index (χ4v) is 2.66. The van der Waals surface area contributed by atoms with E-state index in [1.807, 2.05) is 38.1 Å². The predicted molar refractivity (Wildman–Crippen MR) is 79.6 cm³/mol. The lowest BCUT2D eigenvalue weighted by Crippen LogP contribution is -2.55. The third-order valence-corrected chi connectivity index (χ3v) is 4.36. The second-order valence-corrected chi connectivity index (χ2v) is 5.70. The number of carbonyl (C=O) groups is 2. The number of nitrogens with two attached hydrogens (primary N) is 1. The van der Waals surface area contributed by atoms with Crippen LogP contribution in [0.1, 0.15) is 31.4 Å². The zero-order valence-electron chi connectivity index (χ0n) is 12.5. The number of aliphatic carboxylic acids is 1. The summed E-state index contributed by atoms with van der Waals surface area (Å²) in [5, 5.41) is 9.43. The van der Waals surface area contributed by atoms with Crippen LogP contribution in [0.4, 0.5) is 0 Å². The van der Waals surface area contributed by atoms with Gasteiger partial charge in [-0.1, -0.05) is 44.5 Å². The molecule has 0 saturated carbocycles. The molecule has 0 saturated heterocycles. The third-order valence-electron chi connectivity index (χ3n) is 4.36. The van der Waals surface area contributed by atoms with Crippen LogP contribution in [0.3, 0.4) is 0 Å². The molecule has 21 heavy (non-hydrogen) atoms. The van der Waals surface area contributed by atoms with Crippen molar-refractivity contribution >= 4 is 11.9 Å². The SMILES string of the molecule is CCC(C)[C@H](N)C(=O)N1Cc2ccccc2C[C@@H]1C(=O)O. The Morgan fingerprint density at radius 2 is 2.00 bits per heavy atom. The number of amides is 1. The minimum Gasteiger partial charge on any atom is -0.480 e. The van der Waals surface area contributed by atoms with Crippen LogP contribution in [0.15, 0.2) is 24.3 Å². The van der Waals surface area contributed by atoms with E-state index in [1.165, 1.54) is 4.90 Å². The van der Waals surface area contributed by atoms with E-state index in [-0.39, 0.29) is 11.8 Å². The summed E-state index contributed by atoms with van der Waals surface area (Å²) in [4.78, 5) is 25.5. The average molecular weight is 290 g/mol. The fourth-order valence-electron chi connectivity index (χ4n) is 2.66. The Morgan fingerprint density at radius 3 is 2.57 bits per heavy atom. The lowest BCUT2D eigenvalue weighted by atomic mass is 9.91. The number of carboxylic acids is 1. The van der Waals surface area contributed by atoms with Crippen molar-refractivity contribution in [2.75, 3.05) is 0 Å². The Labute approximate surface area is 124 Å². The molecule has 2 rings (SSSR count). The number of rotatable bonds is 4. The van der Waals surface area contributed by atoms with Gasteiger partial charge in [-0.25, -0.2) is 4.79 Å².